The third-order valence-electron chi connectivity index (χ3n) is 2.66. The minimum absolute atomic E-state index is 0.291. The van der Waals surface area contributed by atoms with Gasteiger partial charge in [-0.3, -0.25) is 0 Å². The predicted octanol–water partition coefficient (Wildman–Crippen LogP) is 1.28. The van der Waals surface area contributed by atoms with Gasteiger partial charge in [0.05, 0.1) is 0 Å². The van der Waals surface area contributed by atoms with Crippen LogP contribution in [-0.2, 0) is 0 Å². The highest BCUT2D eigenvalue weighted by atomic mass is 28.3. The van der Waals surface area contributed by atoms with Crippen molar-refractivity contribution in [1.82, 2.24) is 9.13 Å². The smallest absolute Gasteiger partial charge is 0.133 e. The zero-order chi connectivity index (χ0) is 9.89. The fourth-order valence-corrected chi connectivity index (χ4v) is 6.59. The second kappa shape index (κ2) is 5.16. The molecule has 0 aliphatic rings. The minimum Gasteiger partial charge on any atom is -0.330 e. The van der Waals surface area contributed by atoms with Crippen molar-refractivity contribution in [2.24, 2.45) is 0 Å². The summed E-state index contributed by atoms with van der Waals surface area (Å²) in [5, 5.41) is 0.907. The Morgan fingerprint density at radius 1 is 0.833 bits per heavy atom. The lowest BCUT2D eigenvalue weighted by molar-refractivity contribution is 0.611. The van der Waals surface area contributed by atoms with E-state index in [2.05, 4.69) is 57.3 Å². The first-order valence-corrected chi connectivity index (χ1v) is 8.44. The van der Waals surface area contributed by atoms with E-state index in [1.165, 1.54) is 0 Å². The Balaban J connectivity index is 4.08. The molecule has 0 fully saturated rings. The van der Waals surface area contributed by atoms with Crippen LogP contribution in [0.15, 0.2) is 0 Å². The maximum atomic E-state index is 2.41. The highest BCUT2D eigenvalue weighted by Crippen LogP contribution is 2.15. The van der Waals surface area contributed by atoms with Gasteiger partial charge in [-0.15, -0.1) is 0 Å². The largest absolute Gasteiger partial charge is 0.330 e. The zero-order valence-corrected chi connectivity index (χ0v) is 11.5. The Labute approximate surface area is 80.9 Å². The molecule has 0 unspecified atom stereocenters. The third kappa shape index (κ3) is 3.39. The molecule has 0 aliphatic carbocycles. The summed E-state index contributed by atoms with van der Waals surface area (Å²) in [5.74, 6) is 0. The molecule has 0 amide bonds. The normalized spacial score (nSPS) is 13.0. The molecule has 0 heterocycles. The third-order valence-corrected chi connectivity index (χ3v) is 10.5. The molecule has 0 atom stereocenters. The first-order valence-electron chi connectivity index (χ1n) is 4.39. The Morgan fingerprint density at radius 3 is 1.25 bits per heavy atom. The summed E-state index contributed by atoms with van der Waals surface area (Å²) in [5.41, 5.74) is 0. The lowest BCUT2D eigenvalue weighted by Crippen LogP contribution is -2.44. The highest BCUT2D eigenvalue weighted by Gasteiger charge is 2.25. The van der Waals surface area contributed by atoms with Crippen molar-refractivity contribution in [3.05, 3.63) is 0 Å². The summed E-state index contributed by atoms with van der Waals surface area (Å²) >= 11 is 0. The van der Waals surface area contributed by atoms with Crippen LogP contribution in [0.1, 0.15) is 6.92 Å². The Bertz CT molecular complexity index is 114. The molecular weight excluding hydrogens is 180 g/mol. The monoisotopic (exact) mass is 202 g/mol. The molecule has 0 bridgehead atoms. The summed E-state index contributed by atoms with van der Waals surface area (Å²) in [6.07, 6.45) is 0. The number of hydrogen-bond acceptors (Lipinski definition) is 2. The van der Waals surface area contributed by atoms with Gasteiger partial charge in [-0.1, -0.05) is 20.0 Å². The van der Waals surface area contributed by atoms with Crippen molar-refractivity contribution >= 4 is 17.9 Å². The fourth-order valence-electron chi connectivity index (χ4n) is 1.08. The van der Waals surface area contributed by atoms with Crippen molar-refractivity contribution in [2.75, 3.05) is 28.2 Å². The maximum Gasteiger partial charge on any atom is 0.133 e. The van der Waals surface area contributed by atoms with Crippen LogP contribution in [-0.4, -0.2) is 55.2 Å². The van der Waals surface area contributed by atoms with E-state index in [1.54, 1.807) is 0 Å². The van der Waals surface area contributed by atoms with Gasteiger partial charge < -0.3 is 9.13 Å². The van der Waals surface area contributed by atoms with Crippen molar-refractivity contribution in [1.29, 1.82) is 0 Å². The van der Waals surface area contributed by atoms with Gasteiger partial charge in [0.15, 0.2) is 0 Å². The van der Waals surface area contributed by atoms with Crippen LogP contribution in [0.3, 0.4) is 0 Å². The van der Waals surface area contributed by atoms with Crippen molar-refractivity contribution in [3.63, 3.8) is 0 Å². The van der Waals surface area contributed by atoms with Crippen molar-refractivity contribution < 1.29 is 0 Å². The van der Waals surface area contributed by atoms with E-state index in [4.69, 9.17) is 0 Å². The Morgan fingerprint density at radius 2 is 1.08 bits per heavy atom. The Hall–Kier alpha value is 0.354. The second-order valence-electron chi connectivity index (χ2n) is 3.79. The van der Waals surface area contributed by atoms with E-state index in [1.807, 2.05) is 0 Å². The molecular formula is C8H22N2Si2. The predicted molar refractivity (Wildman–Crippen MR) is 60.0 cm³/mol. The summed E-state index contributed by atoms with van der Waals surface area (Å²) in [4.78, 5) is 0. The van der Waals surface area contributed by atoms with Crippen LogP contribution in [0.25, 0.3) is 0 Å². The van der Waals surface area contributed by atoms with Crippen LogP contribution >= 0.6 is 0 Å². The van der Waals surface area contributed by atoms with Crippen LogP contribution < -0.4 is 0 Å². The van der Waals surface area contributed by atoms with E-state index < -0.39 is 0 Å². The van der Waals surface area contributed by atoms with Gasteiger partial charge in [0, 0.05) is 0 Å². The quantitative estimate of drug-likeness (QED) is 0.634. The molecule has 2 nitrogen and oxygen atoms in total. The average Bonchev–Trinajstić information content (AvgIpc) is 2.00. The van der Waals surface area contributed by atoms with E-state index in [0.717, 1.165) is 5.16 Å². The molecule has 12 heavy (non-hydrogen) atoms. The van der Waals surface area contributed by atoms with Gasteiger partial charge in [-0.05, 0) is 33.4 Å². The van der Waals surface area contributed by atoms with Gasteiger partial charge in [0.25, 0.3) is 0 Å². The van der Waals surface area contributed by atoms with Crippen LogP contribution in [0.2, 0.25) is 18.3 Å². The maximum absolute atomic E-state index is 2.41. The molecule has 0 saturated heterocycles. The lowest BCUT2D eigenvalue weighted by atomic mass is 10.9. The molecule has 0 rings (SSSR count). The molecule has 0 aromatic rings. The van der Waals surface area contributed by atoms with Gasteiger partial charge >= 0.3 is 0 Å². The van der Waals surface area contributed by atoms with E-state index in [0.29, 0.717) is 0 Å². The van der Waals surface area contributed by atoms with Crippen LogP contribution in [0.5, 0.6) is 0 Å². The highest BCUT2D eigenvalue weighted by molar-refractivity contribution is 6.75. The molecule has 4 heteroatoms. The molecule has 0 aromatic carbocycles. The van der Waals surface area contributed by atoms with Crippen LogP contribution in [0, 0.1) is 0 Å². The molecule has 0 spiro atoms. The summed E-state index contributed by atoms with van der Waals surface area (Å²) in [6, 6.07) is 0. The molecule has 0 aliphatic heterocycles. The first kappa shape index (κ1) is 12.4. The van der Waals surface area contributed by atoms with Crippen molar-refractivity contribution in [3.8, 4) is 0 Å². The summed E-state index contributed by atoms with van der Waals surface area (Å²) in [6.45, 7) is 7.22. The minimum atomic E-state index is -0.291. The summed E-state index contributed by atoms with van der Waals surface area (Å²) < 4.78 is 4.82. The summed E-state index contributed by atoms with van der Waals surface area (Å²) in [7, 11) is 8.23. The topological polar surface area (TPSA) is 6.48 Å². The first-order chi connectivity index (χ1) is 5.37. The Kier molecular flexibility index (Phi) is 5.32. The van der Waals surface area contributed by atoms with Gasteiger partial charge in [-0.25, -0.2) is 0 Å². The fraction of sp³-hybridized carbons (Fsp3) is 1.00. The lowest BCUT2D eigenvalue weighted by Gasteiger charge is -2.31. The number of hydrogen-bond donors (Lipinski definition) is 0. The number of nitrogens with zero attached hydrogens (tertiary/aromatic N) is 2. The van der Waals surface area contributed by atoms with Gasteiger partial charge in [0.1, 0.15) is 17.9 Å². The van der Waals surface area contributed by atoms with Gasteiger partial charge in [-0.2, -0.15) is 0 Å². The van der Waals surface area contributed by atoms with Crippen LogP contribution in [0.4, 0.5) is 0 Å². The molecule has 0 saturated carbocycles. The standard InChI is InChI=1S/C8H22N2Si2/c1-8(11(6)9(2)3)12(7)10(4)5/h8H,1-7H3. The molecule has 2 radical (unpaired) electrons. The second-order valence-corrected chi connectivity index (χ2v) is 10.5. The van der Waals surface area contributed by atoms with Gasteiger partial charge in [0.2, 0.25) is 0 Å². The molecule has 0 N–H and O–H groups in total. The average molecular weight is 202 g/mol. The zero-order valence-electron chi connectivity index (χ0n) is 9.47. The van der Waals surface area contributed by atoms with E-state index in [-0.39, 0.29) is 17.9 Å². The molecule has 0 aromatic heterocycles. The van der Waals surface area contributed by atoms with E-state index >= 15 is 0 Å². The van der Waals surface area contributed by atoms with E-state index in [9.17, 15) is 0 Å². The van der Waals surface area contributed by atoms with Crippen molar-refractivity contribution in [2.45, 2.75) is 25.2 Å². The SMILES string of the molecule is CC([Si](C)N(C)C)[Si](C)N(C)C. The molecule has 72 valence electrons. The number of rotatable bonds is 4.